The number of carbonyl (C=O) groups excluding carboxylic acids is 1. The summed E-state index contributed by atoms with van der Waals surface area (Å²) in [5.41, 5.74) is 2.57. The van der Waals surface area contributed by atoms with Gasteiger partial charge in [-0.2, -0.15) is 0 Å². The molecule has 1 aliphatic rings. The van der Waals surface area contributed by atoms with Crippen molar-refractivity contribution in [3.63, 3.8) is 0 Å². The molecule has 19 heavy (non-hydrogen) atoms. The number of methoxy groups -OCH3 is 1. The highest BCUT2D eigenvalue weighted by molar-refractivity contribution is 7.92. The summed E-state index contributed by atoms with van der Waals surface area (Å²) >= 11 is 0. The normalized spacial score (nSPS) is 14.7. The van der Waals surface area contributed by atoms with E-state index in [2.05, 4.69) is 4.72 Å². The van der Waals surface area contributed by atoms with Crippen LogP contribution in [0.5, 0.6) is 0 Å². The van der Waals surface area contributed by atoms with E-state index in [0.717, 1.165) is 23.8 Å². The summed E-state index contributed by atoms with van der Waals surface area (Å²) in [6, 6.07) is 5.37. The summed E-state index contributed by atoms with van der Waals surface area (Å²) < 4.78 is 29.5. The number of anilines is 1. The van der Waals surface area contributed by atoms with Gasteiger partial charge in [0.1, 0.15) is 0 Å². The topological polar surface area (TPSA) is 75.7 Å². The molecule has 0 radical (unpaired) electrons. The van der Waals surface area contributed by atoms with Crippen LogP contribution < -0.4 is 4.72 Å². The van der Waals surface area contributed by atoms with Gasteiger partial charge in [-0.3, -0.25) is 4.72 Å². The van der Waals surface area contributed by atoms with E-state index in [0.29, 0.717) is 18.8 Å². The molecule has 0 bridgehead atoms. The molecule has 1 aromatic rings. The highest BCUT2D eigenvalue weighted by atomic mass is 32.2. The van der Waals surface area contributed by atoms with Crippen molar-refractivity contribution in [1.82, 2.24) is 4.90 Å². The van der Waals surface area contributed by atoms with Gasteiger partial charge in [0.15, 0.2) is 0 Å². The van der Waals surface area contributed by atoms with Crippen molar-refractivity contribution in [2.75, 3.05) is 24.6 Å². The number of benzene rings is 1. The minimum absolute atomic E-state index is 0.368. The van der Waals surface area contributed by atoms with Crippen LogP contribution in [0.2, 0.25) is 0 Å². The van der Waals surface area contributed by atoms with Gasteiger partial charge in [0.25, 0.3) is 0 Å². The molecule has 104 valence electrons. The lowest BCUT2D eigenvalue weighted by Crippen LogP contribution is -2.35. The van der Waals surface area contributed by atoms with Crippen molar-refractivity contribution in [1.29, 1.82) is 0 Å². The van der Waals surface area contributed by atoms with Gasteiger partial charge in [-0.15, -0.1) is 0 Å². The fourth-order valence-corrected chi connectivity index (χ4v) is 2.67. The molecule has 0 unspecified atom stereocenters. The molecule has 0 saturated heterocycles. The summed E-state index contributed by atoms with van der Waals surface area (Å²) in [5, 5.41) is 0. The molecule has 1 heterocycles. The molecule has 0 aromatic heterocycles. The Morgan fingerprint density at radius 2 is 2.11 bits per heavy atom. The second-order valence-corrected chi connectivity index (χ2v) is 6.25. The first-order valence-electron chi connectivity index (χ1n) is 5.81. The highest BCUT2D eigenvalue weighted by Gasteiger charge is 2.21. The third kappa shape index (κ3) is 3.37. The standard InChI is InChI=1S/C12H16N2O4S/c1-18-12(15)14-6-5-9-3-4-11(7-10(9)8-14)13-19(2,16)17/h3-4,7,13H,5-6,8H2,1-2H3. The summed E-state index contributed by atoms with van der Waals surface area (Å²) in [4.78, 5) is 13.1. The average Bonchev–Trinajstić information content (AvgIpc) is 2.35. The van der Waals surface area contributed by atoms with E-state index in [1.54, 1.807) is 17.0 Å². The molecular weight excluding hydrogens is 268 g/mol. The number of nitrogens with one attached hydrogen (secondary N) is 1. The Morgan fingerprint density at radius 3 is 2.74 bits per heavy atom. The van der Waals surface area contributed by atoms with Gasteiger partial charge in [0.2, 0.25) is 10.0 Å². The van der Waals surface area contributed by atoms with Gasteiger partial charge >= 0.3 is 6.09 Å². The number of ether oxygens (including phenoxy) is 1. The molecule has 0 fully saturated rings. The Balaban J connectivity index is 2.22. The molecule has 1 aromatic carbocycles. The van der Waals surface area contributed by atoms with E-state index < -0.39 is 10.0 Å². The maximum atomic E-state index is 11.5. The van der Waals surface area contributed by atoms with Crippen LogP contribution in [0.1, 0.15) is 11.1 Å². The van der Waals surface area contributed by atoms with E-state index in [1.165, 1.54) is 7.11 Å². The lowest BCUT2D eigenvalue weighted by molar-refractivity contribution is 0.118. The van der Waals surface area contributed by atoms with E-state index >= 15 is 0 Å². The second kappa shape index (κ2) is 5.08. The monoisotopic (exact) mass is 284 g/mol. The molecule has 2 rings (SSSR count). The number of hydrogen-bond acceptors (Lipinski definition) is 4. The minimum Gasteiger partial charge on any atom is -0.453 e. The van der Waals surface area contributed by atoms with Crippen molar-refractivity contribution in [3.8, 4) is 0 Å². The van der Waals surface area contributed by atoms with Crippen molar-refractivity contribution in [2.45, 2.75) is 13.0 Å². The van der Waals surface area contributed by atoms with Crippen molar-refractivity contribution in [3.05, 3.63) is 29.3 Å². The zero-order valence-electron chi connectivity index (χ0n) is 10.8. The lowest BCUT2D eigenvalue weighted by Gasteiger charge is -2.28. The Morgan fingerprint density at radius 1 is 1.37 bits per heavy atom. The summed E-state index contributed by atoms with van der Waals surface area (Å²) in [7, 11) is -1.95. The number of nitrogens with zero attached hydrogens (tertiary/aromatic N) is 1. The first-order valence-corrected chi connectivity index (χ1v) is 7.70. The zero-order chi connectivity index (χ0) is 14.0. The maximum absolute atomic E-state index is 11.5. The fourth-order valence-electron chi connectivity index (χ4n) is 2.12. The van der Waals surface area contributed by atoms with Gasteiger partial charge in [-0.1, -0.05) is 6.07 Å². The molecule has 0 spiro atoms. The predicted molar refractivity (Wildman–Crippen MR) is 71.4 cm³/mol. The van der Waals surface area contributed by atoms with Crippen LogP contribution in [0.3, 0.4) is 0 Å². The van der Waals surface area contributed by atoms with Crippen LogP contribution >= 0.6 is 0 Å². The van der Waals surface area contributed by atoms with Crippen LogP contribution in [0.15, 0.2) is 18.2 Å². The smallest absolute Gasteiger partial charge is 0.409 e. The summed E-state index contributed by atoms with van der Waals surface area (Å²) in [6.07, 6.45) is 1.48. The van der Waals surface area contributed by atoms with Crippen LogP contribution in [0.4, 0.5) is 10.5 Å². The number of fused-ring (bicyclic) bond motifs is 1. The van der Waals surface area contributed by atoms with Gasteiger partial charge in [0.05, 0.1) is 13.4 Å². The minimum atomic E-state index is -3.29. The largest absolute Gasteiger partial charge is 0.453 e. The maximum Gasteiger partial charge on any atom is 0.409 e. The quantitative estimate of drug-likeness (QED) is 0.885. The van der Waals surface area contributed by atoms with Crippen molar-refractivity contribution in [2.24, 2.45) is 0 Å². The van der Waals surface area contributed by atoms with Crippen molar-refractivity contribution < 1.29 is 17.9 Å². The zero-order valence-corrected chi connectivity index (χ0v) is 11.7. The van der Waals surface area contributed by atoms with Crippen molar-refractivity contribution >= 4 is 21.8 Å². The Bertz CT molecular complexity index is 598. The Kier molecular flexibility index (Phi) is 3.66. The van der Waals surface area contributed by atoms with Gasteiger partial charge in [-0.05, 0) is 29.7 Å². The van der Waals surface area contributed by atoms with Crippen LogP contribution in [-0.4, -0.2) is 39.3 Å². The number of hydrogen-bond donors (Lipinski definition) is 1. The predicted octanol–water partition coefficient (Wildman–Crippen LogP) is 1.18. The molecule has 1 aliphatic heterocycles. The molecule has 7 heteroatoms. The second-order valence-electron chi connectivity index (χ2n) is 4.50. The number of sulfonamides is 1. The first-order chi connectivity index (χ1) is 8.89. The highest BCUT2D eigenvalue weighted by Crippen LogP contribution is 2.23. The summed E-state index contributed by atoms with van der Waals surface area (Å²) in [6.45, 7) is 1.04. The van der Waals surface area contributed by atoms with Crippen LogP contribution in [-0.2, 0) is 27.7 Å². The van der Waals surface area contributed by atoms with Gasteiger partial charge in [-0.25, -0.2) is 13.2 Å². The fraction of sp³-hybridized carbons (Fsp3) is 0.417. The van der Waals surface area contributed by atoms with E-state index in [1.807, 2.05) is 6.07 Å². The Hall–Kier alpha value is -1.76. The van der Waals surface area contributed by atoms with E-state index in [9.17, 15) is 13.2 Å². The molecule has 0 saturated carbocycles. The molecule has 1 amide bonds. The molecule has 1 N–H and O–H groups in total. The molecular formula is C12H16N2O4S. The van der Waals surface area contributed by atoms with E-state index in [-0.39, 0.29) is 6.09 Å². The van der Waals surface area contributed by atoms with Gasteiger partial charge in [0, 0.05) is 18.8 Å². The third-order valence-electron chi connectivity index (χ3n) is 2.95. The van der Waals surface area contributed by atoms with Crippen LogP contribution in [0.25, 0.3) is 0 Å². The molecule has 6 nitrogen and oxygen atoms in total. The van der Waals surface area contributed by atoms with E-state index in [4.69, 9.17) is 4.74 Å². The average molecular weight is 284 g/mol. The molecule has 0 aliphatic carbocycles. The van der Waals surface area contributed by atoms with Gasteiger partial charge < -0.3 is 9.64 Å². The number of rotatable bonds is 2. The lowest BCUT2D eigenvalue weighted by atomic mass is 9.99. The summed E-state index contributed by atoms with van der Waals surface area (Å²) in [5.74, 6) is 0. The molecule has 0 atom stereocenters. The van der Waals surface area contributed by atoms with Crippen LogP contribution in [0, 0.1) is 0 Å². The Labute approximate surface area is 112 Å². The number of carbonyl (C=O) groups is 1. The number of amides is 1. The third-order valence-corrected chi connectivity index (χ3v) is 3.56. The SMILES string of the molecule is COC(=O)N1CCc2ccc(NS(C)(=O)=O)cc2C1. The first kappa shape index (κ1) is 13.7.